The van der Waals surface area contributed by atoms with Gasteiger partial charge in [-0.25, -0.2) is 4.79 Å². The highest BCUT2D eigenvalue weighted by molar-refractivity contribution is 5.98. The predicted molar refractivity (Wildman–Crippen MR) is 86.6 cm³/mol. The van der Waals surface area contributed by atoms with Gasteiger partial charge in [-0.3, -0.25) is 4.90 Å². The molecule has 3 heteroatoms. The van der Waals surface area contributed by atoms with Crippen molar-refractivity contribution in [1.29, 1.82) is 0 Å². The number of hydrogen-bond donors (Lipinski definition) is 0. The minimum absolute atomic E-state index is 0.302. The van der Waals surface area contributed by atoms with Gasteiger partial charge in [0.15, 0.2) is 0 Å². The Morgan fingerprint density at radius 2 is 1.81 bits per heavy atom. The summed E-state index contributed by atoms with van der Waals surface area (Å²) in [7, 11) is 0. The van der Waals surface area contributed by atoms with Gasteiger partial charge in [-0.1, -0.05) is 36.4 Å². The predicted octanol–water partition coefficient (Wildman–Crippen LogP) is 4.61. The van der Waals surface area contributed by atoms with Crippen LogP contribution in [0.4, 0.5) is 10.5 Å². The SMILES string of the molecule is CC(C)(C)OC(=O)N1CC=Cc2cc3ccccc3cc21. The Morgan fingerprint density at radius 1 is 1.14 bits per heavy atom. The molecule has 0 fully saturated rings. The molecule has 1 amide bonds. The number of rotatable bonds is 0. The Morgan fingerprint density at radius 3 is 2.48 bits per heavy atom. The average molecular weight is 281 g/mol. The van der Waals surface area contributed by atoms with E-state index in [0.717, 1.165) is 16.6 Å². The first kappa shape index (κ1) is 13.7. The van der Waals surface area contributed by atoms with Gasteiger partial charge in [0.25, 0.3) is 0 Å². The van der Waals surface area contributed by atoms with Crippen molar-refractivity contribution in [2.75, 3.05) is 11.4 Å². The maximum absolute atomic E-state index is 12.4. The number of anilines is 1. The highest BCUT2D eigenvalue weighted by Crippen LogP contribution is 2.31. The van der Waals surface area contributed by atoms with E-state index in [9.17, 15) is 4.79 Å². The summed E-state index contributed by atoms with van der Waals surface area (Å²) in [5.74, 6) is 0. The second kappa shape index (κ2) is 4.92. The van der Waals surface area contributed by atoms with Crippen LogP contribution < -0.4 is 4.90 Å². The first-order valence-electron chi connectivity index (χ1n) is 7.14. The van der Waals surface area contributed by atoms with Crippen LogP contribution in [0.1, 0.15) is 26.3 Å². The maximum Gasteiger partial charge on any atom is 0.415 e. The fourth-order valence-electron chi connectivity index (χ4n) is 2.49. The van der Waals surface area contributed by atoms with Crippen LogP contribution in [0.2, 0.25) is 0 Å². The zero-order chi connectivity index (χ0) is 15.0. The van der Waals surface area contributed by atoms with Crippen molar-refractivity contribution in [2.24, 2.45) is 0 Å². The van der Waals surface area contributed by atoms with Gasteiger partial charge in [0, 0.05) is 6.54 Å². The van der Waals surface area contributed by atoms with E-state index in [1.54, 1.807) is 4.90 Å². The Bertz CT molecular complexity index is 726. The minimum atomic E-state index is -0.491. The Labute approximate surface area is 124 Å². The third kappa shape index (κ3) is 2.77. The van der Waals surface area contributed by atoms with Crippen LogP contribution in [0.3, 0.4) is 0 Å². The molecular weight excluding hydrogens is 262 g/mol. The molecule has 0 saturated heterocycles. The van der Waals surface area contributed by atoms with Gasteiger partial charge in [0.1, 0.15) is 5.60 Å². The van der Waals surface area contributed by atoms with E-state index in [-0.39, 0.29) is 6.09 Å². The van der Waals surface area contributed by atoms with Crippen molar-refractivity contribution in [3.05, 3.63) is 48.0 Å². The van der Waals surface area contributed by atoms with E-state index < -0.39 is 5.60 Å². The fraction of sp³-hybridized carbons (Fsp3) is 0.278. The van der Waals surface area contributed by atoms with Crippen molar-refractivity contribution < 1.29 is 9.53 Å². The highest BCUT2D eigenvalue weighted by atomic mass is 16.6. The van der Waals surface area contributed by atoms with Crippen molar-refractivity contribution in [1.82, 2.24) is 0 Å². The summed E-state index contributed by atoms with van der Waals surface area (Å²) in [6.45, 7) is 6.18. The third-order valence-electron chi connectivity index (χ3n) is 3.39. The normalized spacial score (nSPS) is 14.1. The monoisotopic (exact) mass is 281 g/mol. The van der Waals surface area contributed by atoms with Gasteiger partial charge in [-0.2, -0.15) is 0 Å². The quantitative estimate of drug-likeness (QED) is 0.706. The molecule has 0 aliphatic carbocycles. The van der Waals surface area contributed by atoms with E-state index in [1.807, 2.05) is 39.0 Å². The maximum atomic E-state index is 12.4. The molecule has 0 bridgehead atoms. The average Bonchev–Trinajstić information content (AvgIpc) is 2.42. The van der Waals surface area contributed by atoms with Gasteiger partial charge in [-0.05, 0) is 49.2 Å². The number of carbonyl (C=O) groups is 1. The number of amides is 1. The molecule has 0 radical (unpaired) electrons. The van der Waals surface area contributed by atoms with Crippen molar-refractivity contribution in [3.8, 4) is 0 Å². The lowest BCUT2D eigenvalue weighted by Crippen LogP contribution is -2.38. The van der Waals surface area contributed by atoms with Crippen LogP contribution in [0.15, 0.2) is 42.5 Å². The molecule has 1 aliphatic rings. The van der Waals surface area contributed by atoms with Gasteiger partial charge in [0.2, 0.25) is 0 Å². The minimum Gasteiger partial charge on any atom is -0.443 e. The number of ether oxygens (including phenoxy) is 1. The molecule has 0 saturated carbocycles. The van der Waals surface area contributed by atoms with Gasteiger partial charge in [-0.15, -0.1) is 0 Å². The van der Waals surface area contributed by atoms with Crippen molar-refractivity contribution >= 4 is 28.6 Å². The number of benzene rings is 2. The summed E-state index contributed by atoms with van der Waals surface area (Å²) in [5.41, 5.74) is 1.46. The molecule has 0 spiro atoms. The molecule has 0 atom stereocenters. The molecule has 21 heavy (non-hydrogen) atoms. The Kier molecular flexibility index (Phi) is 3.20. The lowest BCUT2D eigenvalue weighted by molar-refractivity contribution is 0.0584. The van der Waals surface area contributed by atoms with Crippen LogP contribution in [-0.4, -0.2) is 18.2 Å². The number of hydrogen-bond acceptors (Lipinski definition) is 2. The van der Waals surface area contributed by atoms with E-state index in [4.69, 9.17) is 4.74 Å². The summed E-state index contributed by atoms with van der Waals surface area (Å²) in [6, 6.07) is 12.3. The van der Waals surface area contributed by atoms with Gasteiger partial charge >= 0.3 is 6.09 Å². The summed E-state index contributed by atoms with van der Waals surface area (Å²) >= 11 is 0. The van der Waals surface area contributed by atoms with Crippen molar-refractivity contribution in [3.63, 3.8) is 0 Å². The van der Waals surface area contributed by atoms with Crippen LogP contribution in [0, 0.1) is 0 Å². The zero-order valence-electron chi connectivity index (χ0n) is 12.6. The molecule has 1 aliphatic heterocycles. The second-order valence-electron chi connectivity index (χ2n) is 6.25. The number of fused-ring (bicyclic) bond motifs is 2. The Hall–Kier alpha value is -2.29. The summed E-state index contributed by atoms with van der Waals surface area (Å²) in [5, 5.41) is 2.30. The molecule has 2 aromatic rings. The lowest BCUT2D eigenvalue weighted by Gasteiger charge is -2.29. The van der Waals surface area contributed by atoms with Gasteiger partial charge in [0.05, 0.1) is 5.69 Å². The lowest BCUT2D eigenvalue weighted by atomic mass is 10.0. The molecule has 0 N–H and O–H groups in total. The smallest absolute Gasteiger partial charge is 0.415 e. The van der Waals surface area contributed by atoms with E-state index >= 15 is 0 Å². The van der Waals surface area contributed by atoms with Crippen LogP contribution >= 0.6 is 0 Å². The van der Waals surface area contributed by atoms with E-state index in [0.29, 0.717) is 6.54 Å². The Balaban J connectivity index is 2.03. The van der Waals surface area contributed by atoms with E-state index in [1.165, 1.54) is 5.39 Å². The summed E-state index contributed by atoms with van der Waals surface area (Å²) in [4.78, 5) is 14.1. The molecule has 3 rings (SSSR count). The molecule has 108 valence electrons. The molecule has 3 nitrogen and oxygen atoms in total. The third-order valence-corrected chi connectivity index (χ3v) is 3.39. The molecule has 0 unspecified atom stereocenters. The second-order valence-corrected chi connectivity index (χ2v) is 6.25. The largest absolute Gasteiger partial charge is 0.443 e. The van der Waals surface area contributed by atoms with E-state index in [2.05, 4.69) is 30.3 Å². The first-order valence-corrected chi connectivity index (χ1v) is 7.14. The zero-order valence-corrected chi connectivity index (χ0v) is 12.6. The first-order chi connectivity index (χ1) is 9.94. The van der Waals surface area contributed by atoms with Crippen LogP contribution in [0.25, 0.3) is 16.8 Å². The molecular formula is C18H19NO2. The number of nitrogens with zero attached hydrogens (tertiary/aromatic N) is 1. The molecule has 1 heterocycles. The van der Waals surface area contributed by atoms with Crippen LogP contribution in [0.5, 0.6) is 0 Å². The standard InChI is InChI=1S/C18H19NO2/c1-18(2,3)21-17(20)19-10-6-9-15-11-13-7-4-5-8-14(13)12-16(15)19/h4-9,11-12H,10H2,1-3H3. The molecule has 0 aromatic heterocycles. The summed E-state index contributed by atoms with van der Waals surface area (Å²) < 4.78 is 5.50. The summed E-state index contributed by atoms with van der Waals surface area (Å²) in [6.07, 6.45) is 3.74. The highest BCUT2D eigenvalue weighted by Gasteiger charge is 2.25. The topological polar surface area (TPSA) is 29.5 Å². The van der Waals surface area contributed by atoms with Gasteiger partial charge < -0.3 is 4.74 Å². The fourth-order valence-corrected chi connectivity index (χ4v) is 2.49. The van der Waals surface area contributed by atoms with Crippen molar-refractivity contribution in [2.45, 2.75) is 26.4 Å². The number of carbonyl (C=O) groups excluding carboxylic acids is 1. The van der Waals surface area contributed by atoms with Crippen LogP contribution in [-0.2, 0) is 4.74 Å². The molecule has 2 aromatic carbocycles.